The summed E-state index contributed by atoms with van der Waals surface area (Å²) in [7, 11) is 0. The first kappa shape index (κ1) is 9.22. The van der Waals surface area contributed by atoms with E-state index in [1.165, 1.54) is 0 Å². The van der Waals surface area contributed by atoms with Crippen molar-refractivity contribution in [1.82, 2.24) is 5.32 Å². The Labute approximate surface area is 89.9 Å². The number of nitrogens with zero attached hydrogens (tertiary/aromatic N) is 1. The molecular weight excluding hydrogens is 244 g/mol. The molecule has 1 aromatic rings. The van der Waals surface area contributed by atoms with Crippen molar-refractivity contribution in [2.75, 3.05) is 0 Å². The van der Waals surface area contributed by atoms with E-state index in [1.54, 1.807) is 6.07 Å². The Hall–Kier alpha value is -1.34. The average molecular weight is 251 g/mol. The highest BCUT2D eigenvalue weighted by Gasteiger charge is 2.27. The lowest BCUT2D eigenvalue weighted by Crippen LogP contribution is -2.18. The molecule has 0 spiro atoms. The highest BCUT2D eigenvalue weighted by molar-refractivity contribution is 9.10. The number of halogens is 1. The minimum Gasteiger partial charge on any atom is -0.344 e. The zero-order valence-electron chi connectivity index (χ0n) is 7.25. The molecule has 1 amide bonds. The zero-order valence-corrected chi connectivity index (χ0v) is 8.84. The Bertz CT molecular complexity index is 436. The van der Waals surface area contributed by atoms with E-state index < -0.39 is 0 Å². The minimum atomic E-state index is -0.153. The van der Waals surface area contributed by atoms with Gasteiger partial charge in [-0.3, -0.25) is 4.79 Å². The lowest BCUT2D eigenvalue weighted by atomic mass is 10.0. The van der Waals surface area contributed by atoms with Gasteiger partial charge in [-0.05, 0) is 23.8 Å². The fraction of sp³-hybridized carbons (Fsp3) is 0.200. The molecule has 0 bridgehead atoms. The highest BCUT2D eigenvalue weighted by Crippen LogP contribution is 2.29. The van der Waals surface area contributed by atoms with Gasteiger partial charge < -0.3 is 5.32 Å². The van der Waals surface area contributed by atoms with Crippen molar-refractivity contribution in [3.05, 3.63) is 33.8 Å². The third-order valence-corrected chi connectivity index (χ3v) is 2.73. The second kappa shape index (κ2) is 3.43. The lowest BCUT2D eigenvalue weighted by molar-refractivity contribution is 0.0957. The number of nitriles is 1. The van der Waals surface area contributed by atoms with Crippen LogP contribution in [0.1, 0.15) is 28.4 Å². The van der Waals surface area contributed by atoms with Gasteiger partial charge >= 0.3 is 0 Å². The van der Waals surface area contributed by atoms with Crippen molar-refractivity contribution in [2.45, 2.75) is 12.5 Å². The van der Waals surface area contributed by atoms with E-state index in [1.807, 2.05) is 12.1 Å². The quantitative estimate of drug-likeness (QED) is 0.831. The molecule has 70 valence electrons. The summed E-state index contributed by atoms with van der Waals surface area (Å²) in [6.45, 7) is 0. The number of carbonyl (C=O) groups is 1. The summed E-state index contributed by atoms with van der Waals surface area (Å²) in [6, 6.07) is 7.39. The molecule has 1 unspecified atom stereocenters. The fourth-order valence-corrected chi connectivity index (χ4v) is 1.97. The van der Waals surface area contributed by atoms with Crippen LogP contribution in [0.3, 0.4) is 0 Å². The van der Waals surface area contributed by atoms with E-state index in [4.69, 9.17) is 5.26 Å². The van der Waals surface area contributed by atoms with E-state index in [0.717, 1.165) is 10.0 Å². The van der Waals surface area contributed by atoms with Crippen molar-refractivity contribution in [3.8, 4) is 6.07 Å². The van der Waals surface area contributed by atoms with E-state index in [9.17, 15) is 4.79 Å². The van der Waals surface area contributed by atoms with Gasteiger partial charge in [-0.15, -0.1) is 0 Å². The molecule has 1 aliphatic heterocycles. The predicted molar refractivity (Wildman–Crippen MR) is 54.6 cm³/mol. The first-order valence-electron chi connectivity index (χ1n) is 4.19. The maximum absolute atomic E-state index is 11.4. The number of fused-ring (bicyclic) bond motifs is 1. The number of hydrogen-bond acceptors (Lipinski definition) is 2. The lowest BCUT2D eigenvalue weighted by Gasteiger charge is -2.05. The van der Waals surface area contributed by atoms with Crippen LogP contribution in [0.5, 0.6) is 0 Å². The summed E-state index contributed by atoms with van der Waals surface area (Å²) < 4.78 is 0.927. The molecule has 1 heterocycles. The standard InChI is InChI=1S/C10H7BrN2O/c11-6-1-2-7-8(5-6)9(3-4-12)13-10(7)14/h1-2,5,9H,3H2,(H,13,14). The maximum Gasteiger partial charge on any atom is 0.252 e. The van der Waals surface area contributed by atoms with E-state index in [2.05, 4.69) is 27.3 Å². The Balaban J connectivity index is 2.46. The van der Waals surface area contributed by atoms with Crippen LogP contribution < -0.4 is 5.32 Å². The van der Waals surface area contributed by atoms with Gasteiger partial charge in [-0.1, -0.05) is 15.9 Å². The largest absolute Gasteiger partial charge is 0.344 e. The van der Waals surface area contributed by atoms with Gasteiger partial charge in [0.15, 0.2) is 0 Å². The smallest absolute Gasteiger partial charge is 0.252 e. The average Bonchev–Trinajstić information content (AvgIpc) is 2.44. The topological polar surface area (TPSA) is 52.9 Å². The SMILES string of the molecule is N#CCC1NC(=O)c2ccc(Br)cc21. The first-order valence-corrected chi connectivity index (χ1v) is 4.99. The van der Waals surface area contributed by atoms with Crippen LogP contribution in [0.25, 0.3) is 0 Å². The first-order chi connectivity index (χ1) is 6.72. The number of benzene rings is 1. The molecule has 0 saturated heterocycles. The van der Waals surface area contributed by atoms with Crippen molar-refractivity contribution in [3.63, 3.8) is 0 Å². The van der Waals surface area contributed by atoms with E-state index in [-0.39, 0.29) is 11.9 Å². The third-order valence-electron chi connectivity index (χ3n) is 2.23. The number of nitrogens with one attached hydrogen (secondary N) is 1. The van der Waals surface area contributed by atoms with Crippen LogP contribution in [-0.4, -0.2) is 5.91 Å². The molecule has 4 heteroatoms. The molecule has 3 nitrogen and oxygen atoms in total. The summed E-state index contributed by atoms with van der Waals surface area (Å²) >= 11 is 3.34. The molecule has 0 aliphatic carbocycles. The van der Waals surface area contributed by atoms with E-state index >= 15 is 0 Å². The molecule has 14 heavy (non-hydrogen) atoms. The minimum absolute atomic E-state index is 0.0900. The molecule has 0 radical (unpaired) electrons. The number of hydrogen-bond donors (Lipinski definition) is 1. The molecule has 2 rings (SSSR count). The van der Waals surface area contributed by atoms with Gasteiger partial charge in [-0.2, -0.15) is 5.26 Å². The van der Waals surface area contributed by atoms with Crippen LogP contribution in [0.4, 0.5) is 0 Å². The highest BCUT2D eigenvalue weighted by atomic mass is 79.9. The summed E-state index contributed by atoms with van der Waals surface area (Å²) in [5.41, 5.74) is 1.58. The van der Waals surface area contributed by atoms with Crippen LogP contribution in [0, 0.1) is 11.3 Å². The zero-order chi connectivity index (χ0) is 10.1. The molecule has 1 atom stereocenters. The Morgan fingerprint density at radius 3 is 3.07 bits per heavy atom. The summed E-state index contributed by atoms with van der Waals surface area (Å²) in [4.78, 5) is 11.4. The predicted octanol–water partition coefficient (Wildman–Crippen LogP) is 2.15. The van der Waals surface area contributed by atoms with Crippen molar-refractivity contribution in [1.29, 1.82) is 5.26 Å². The summed E-state index contributed by atoms with van der Waals surface area (Å²) in [5, 5.41) is 11.4. The van der Waals surface area contributed by atoms with Crippen molar-refractivity contribution in [2.24, 2.45) is 0 Å². The molecule has 0 fully saturated rings. The van der Waals surface area contributed by atoms with Crippen LogP contribution in [0.15, 0.2) is 22.7 Å². The Morgan fingerprint density at radius 1 is 1.57 bits per heavy atom. The van der Waals surface area contributed by atoms with E-state index in [0.29, 0.717) is 12.0 Å². The summed E-state index contributed by atoms with van der Waals surface area (Å²) in [6.07, 6.45) is 0.315. The number of carbonyl (C=O) groups excluding carboxylic acids is 1. The monoisotopic (exact) mass is 250 g/mol. The van der Waals surface area contributed by atoms with Gasteiger partial charge in [0.2, 0.25) is 0 Å². The molecule has 0 aromatic heterocycles. The second-order valence-corrected chi connectivity index (χ2v) is 4.04. The van der Waals surface area contributed by atoms with Crippen LogP contribution >= 0.6 is 15.9 Å². The van der Waals surface area contributed by atoms with Gasteiger partial charge in [0, 0.05) is 10.0 Å². The van der Waals surface area contributed by atoms with Gasteiger partial charge in [-0.25, -0.2) is 0 Å². The fourth-order valence-electron chi connectivity index (χ4n) is 1.59. The number of rotatable bonds is 1. The second-order valence-electron chi connectivity index (χ2n) is 3.12. The van der Waals surface area contributed by atoms with Crippen LogP contribution in [-0.2, 0) is 0 Å². The maximum atomic E-state index is 11.4. The summed E-state index contributed by atoms with van der Waals surface area (Å²) in [5.74, 6) is -0.0900. The molecular formula is C10H7BrN2O. The van der Waals surface area contributed by atoms with Crippen molar-refractivity contribution < 1.29 is 4.79 Å². The Morgan fingerprint density at radius 2 is 2.36 bits per heavy atom. The van der Waals surface area contributed by atoms with Gasteiger partial charge in [0.25, 0.3) is 5.91 Å². The molecule has 1 aliphatic rings. The van der Waals surface area contributed by atoms with Crippen LogP contribution in [0.2, 0.25) is 0 Å². The molecule has 0 saturated carbocycles. The van der Waals surface area contributed by atoms with Crippen molar-refractivity contribution >= 4 is 21.8 Å². The normalized spacial score (nSPS) is 18.6. The number of amides is 1. The van der Waals surface area contributed by atoms with Gasteiger partial charge in [0.1, 0.15) is 0 Å². The molecule has 1 aromatic carbocycles. The van der Waals surface area contributed by atoms with Gasteiger partial charge in [0.05, 0.1) is 18.5 Å². The molecule has 1 N–H and O–H groups in total. The Kier molecular flexibility index (Phi) is 2.26. The third kappa shape index (κ3) is 1.40.